The van der Waals surface area contributed by atoms with E-state index in [4.69, 9.17) is 0 Å². The van der Waals surface area contributed by atoms with Crippen LogP contribution in [-0.2, 0) is 6.54 Å². The molecule has 1 aromatic rings. The molecular weight excluding hydrogens is 204 g/mol. The minimum absolute atomic E-state index is 0.984. The molecule has 0 spiro atoms. The monoisotopic (exact) mass is 222 g/mol. The van der Waals surface area contributed by atoms with Gasteiger partial charge in [-0.25, -0.2) is 0 Å². The molecule has 0 radical (unpaired) electrons. The highest BCUT2D eigenvalue weighted by Crippen LogP contribution is 2.48. The van der Waals surface area contributed by atoms with Crippen LogP contribution in [0.3, 0.4) is 0 Å². The van der Waals surface area contributed by atoms with E-state index in [0.29, 0.717) is 0 Å². The molecule has 3 heteroatoms. The minimum atomic E-state index is 0.984. The molecule has 1 heterocycles. The predicted octanol–water partition coefficient (Wildman–Crippen LogP) is 2.67. The zero-order valence-corrected chi connectivity index (χ0v) is 9.80. The summed E-state index contributed by atoms with van der Waals surface area (Å²) in [5.41, 5.74) is 1.91. The maximum Gasteiger partial charge on any atom is 0.0794 e. The Morgan fingerprint density at radius 3 is 2.60 bits per heavy atom. The summed E-state index contributed by atoms with van der Waals surface area (Å²) in [5.74, 6) is 3.11. The van der Waals surface area contributed by atoms with Gasteiger partial charge in [0.15, 0.2) is 0 Å². The lowest BCUT2D eigenvalue weighted by Gasteiger charge is -2.15. The van der Waals surface area contributed by atoms with Gasteiger partial charge in [-0.3, -0.25) is 4.98 Å². The Labute approximate surface area is 95.1 Å². The van der Waals surface area contributed by atoms with Crippen LogP contribution in [0.4, 0.5) is 0 Å². The first-order valence-corrected chi connectivity index (χ1v) is 6.89. The van der Waals surface area contributed by atoms with Gasteiger partial charge in [-0.15, -0.1) is 11.3 Å². The van der Waals surface area contributed by atoms with Crippen LogP contribution in [0.15, 0.2) is 11.7 Å². The van der Waals surface area contributed by atoms with Gasteiger partial charge in [-0.1, -0.05) is 0 Å². The van der Waals surface area contributed by atoms with Crippen molar-refractivity contribution >= 4 is 11.3 Å². The molecule has 2 aliphatic carbocycles. The van der Waals surface area contributed by atoms with Crippen molar-refractivity contribution in [1.82, 2.24) is 10.3 Å². The maximum atomic E-state index is 4.09. The number of rotatable bonds is 6. The van der Waals surface area contributed by atoms with Crippen molar-refractivity contribution in [3.8, 4) is 0 Å². The van der Waals surface area contributed by atoms with Gasteiger partial charge >= 0.3 is 0 Å². The van der Waals surface area contributed by atoms with Crippen LogP contribution in [0.25, 0.3) is 0 Å². The van der Waals surface area contributed by atoms with Crippen LogP contribution in [0.5, 0.6) is 0 Å². The van der Waals surface area contributed by atoms with Crippen LogP contribution in [0.1, 0.15) is 30.6 Å². The van der Waals surface area contributed by atoms with E-state index < -0.39 is 0 Å². The Bertz CT molecular complexity index is 289. The molecule has 15 heavy (non-hydrogen) atoms. The molecule has 82 valence electrons. The fourth-order valence-corrected chi connectivity index (χ4v) is 3.02. The summed E-state index contributed by atoms with van der Waals surface area (Å²) in [7, 11) is 0. The summed E-state index contributed by atoms with van der Waals surface area (Å²) in [6, 6.07) is 0. The molecule has 2 nitrogen and oxygen atoms in total. The van der Waals surface area contributed by atoms with Crippen molar-refractivity contribution in [3.05, 3.63) is 16.6 Å². The van der Waals surface area contributed by atoms with Crippen molar-refractivity contribution in [1.29, 1.82) is 0 Å². The first-order valence-electron chi connectivity index (χ1n) is 6.01. The van der Waals surface area contributed by atoms with Crippen LogP contribution in [0, 0.1) is 17.8 Å². The van der Waals surface area contributed by atoms with Crippen LogP contribution < -0.4 is 5.32 Å². The summed E-state index contributed by atoms with van der Waals surface area (Å²) >= 11 is 1.75. The molecule has 2 fully saturated rings. The van der Waals surface area contributed by atoms with E-state index in [0.717, 1.165) is 24.3 Å². The summed E-state index contributed by atoms with van der Waals surface area (Å²) in [6.07, 6.45) is 7.93. The molecule has 0 amide bonds. The van der Waals surface area contributed by atoms with E-state index in [1.165, 1.54) is 37.1 Å². The second-order valence-corrected chi connectivity index (χ2v) is 5.91. The zero-order valence-electron chi connectivity index (χ0n) is 8.98. The van der Waals surface area contributed by atoms with E-state index in [-0.39, 0.29) is 0 Å². The molecule has 0 aliphatic heterocycles. The third kappa shape index (κ3) is 2.58. The highest BCUT2D eigenvalue weighted by atomic mass is 32.1. The largest absolute Gasteiger partial charge is 0.312 e. The molecule has 2 aliphatic rings. The molecular formula is C12H18N2S. The van der Waals surface area contributed by atoms with E-state index in [9.17, 15) is 0 Å². The summed E-state index contributed by atoms with van der Waals surface area (Å²) < 4.78 is 0. The Kier molecular flexibility index (Phi) is 2.76. The molecule has 0 bridgehead atoms. The second kappa shape index (κ2) is 4.22. The topological polar surface area (TPSA) is 24.9 Å². The number of hydrogen-bond donors (Lipinski definition) is 1. The number of thiazole rings is 1. The SMILES string of the molecule is c1ncc(CNCC(C2CC2)C2CC2)s1. The second-order valence-electron chi connectivity index (χ2n) is 4.94. The van der Waals surface area contributed by atoms with E-state index >= 15 is 0 Å². The van der Waals surface area contributed by atoms with Gasteiger partial charge < -0.3 is 5.32 Å². The fraction of sp³-hybridized carbons (Fsp3) is 0.750. The average Bonchev–Trinajstić information content (AvgIpc) is 3.15. The molecule has 2 saturated carbocycles. The van der Waals surface area contributed by atoms with E-state index in [2.05, 4.69) is 10.3 Å². The van der Waals surface area contributed by atoms with Gasteiger partial charge in [-0.2, -0.15) is 0 Å². The van der Waals surface area contributed by atoms with Gasteiger partial charge in [0.1, 0.15) is 0 Å². The summed E-state index contributed by atoms with van der Waals surface area (Å²) in [6.45, 7) is 2.24. The van der Waals surface area contributed by atoms with Crippen molar-refractivity contribution in [3.63, 3.8) is 0 Å². The smallest absolute Gasteiger partial charge is 0.0794 e. The highest BCUT2D eigenvalue weighted by Gasteiger charge is 2.40. The Hall–Kier alpha value is -0.410. The van der Waals surface area contributed by atoms with Gasteiger partial charge in [0.05, 0.1) is 5.51 Å². The van der Waals surface area contributed by atoms with Gasteiger partial charge in [0.25, 0.3) is 0 Å². The molecule has 0 atom stereocenters. The van der Waals surface area contributed by atoms with Crippen molar-refractivity contribution in [2.24, 2.45) is 17.8 Å². The fourth-order valence-electron chi connectivity index (χ4n) is 2.46. The lowest BCUT2D eigenvalue weighted by atomic mass is 9.98. The van der Waals surface area contributed by atoms with Crippen LogP contribution >= 0.6 is 11.3 Å². The van der Waals surface area contributed by atoms with E-state index in [1.807, 2.05) is 11.7 Å². The van der Waals surface area contributed by atoms with E-state index in [1.54, 1.807) is 11.3 Å². The Morgan fingerprint density at radius 2 is 2.07 bits per heavy atom. The van der Waals surface area contributed by atoms with Gasteiger partial charge in [0, 0.05) is 17.6 Å². The van der Waals surface area contributed by atoms with Crippen molar-refractivity contribution in [2.75, 3.05) is 6.54 Å². The molecule has 1 N–H and O–H groups in total. The predicted molar refractivity (Wildman–Crippen MR) is 62.8 cm³/mol. The van der Waals surface area contributed by atoms with Crippen LogP contribution in [-0.4, -0.2) is 11.5 Å². The van der Waals surface area contributed by atoms with Crippen molar-refractivity contribution in [2.45, 2.75) is 32.2 Å². The third-order valence-electron chi connectivity index (χ3n) is 3.62. The van der Waals surface area contributed by atoms with Crippen molar-refractivity contribution < 1.29 is 0 Å². The maximum absolute atomic E-state index is 4.09. The number of nitrogens with zero attached hydrogens (tertiary/aromatic N) is 1. The summed E-state index contributed by atoms with van der Waals surface area (Å²) in [5, 5.41) is 3.60. The van der Waals surface area contributed by atoms with Gasteiger partial charge in [0.2, 0.25) is 0 Å². The summed E-state index contributed by atoms with van der Waals surface area (Å²) in [4.78, 5) is 5.45. The minimum Gasteiger partial charge on any atom is -0.312 e. The molecule has 0 aromatic carbocycles. The Balaban J connectivity index is 1.44. The number of hydrogen-bond acceptors (Lipinski definition) is 3. The molecule has 1 aromatic heterocycles. The normalized spacial score (nSPS) is 21.1. The number of aromatic nitrogens is 1. The number of nitrogens with one attached hydrogen (secondary N) is 1. The lowest BCUT2D eigenvalue weighted by molar-refractivity contribution is 0.379. The average molecular weight is 222 g/mol. The third-order valence-corrected chi connectivity index (χ3v) is 4.40. The zero-order chi connectivity index (χ0) is 10.1. The van der Waals surface area contributed by atoms with Gasteiger partial charge in [-0.05, 0) is 50.0 Å². The van der Waals surface area contributed by atoms with Crippen LogP contribution in [0.2, 0.25) is 0 Å². The molecule has 0 unspecified atom stereocenters. The molecule has 3 rings (SSSR count). The standard InChI is InChI=1S/C12H18N2S/c1-2-9(1)12(10-3-4-10)7-13-5-11-6-14-8-15-11/h6,8-10,12-13H,1-5,7H2. The molecule has 0 saturated heterocycles. The first-order chi connectivity index (χ1) is 7.43. The first kappa shape index (κ1) is 9.79. The highest BCUT2D eigenvalue weighted by molar-refractivity contribution is 7.09. The quantitative estimate of drug-likeness (QED) is 0.800. The lowest BCUT2D eigenvalue weighted by Crippen LogP contribution is -2.24. The Morgan fingerprint density at radius 1 is 1.33 bits per heavy atom.